The van der Waals surface area contributed by atoms with Crippen molar-refractivity contribution in [1.82, 2.24) is 9.80 Å². The van der Waals surface area contributed by atoms with Crippen molar-refractivity contribution in [2.45, 2.75) is 57.6 Å². The highest BCUT2D eigenvalue weighted by Gasteiger charge is 2.31. The van der Waals surface area contributed by atoms with Gasteiger partial charge in [0.05, 0.1) is 17.6 Å². The van der Waals surface area contributed by atoms with E-state index in [1.165, 1.54) is 25.7 Å². The maximum atomic E-state index is 9.90. The summed E-state index contributed by atoms with van der Waals surface area (Å²) in [4.78, 5) is 4.87. The number of β-amino-alcohol motifs (C(OH)–C–C–N with tert-alkyl or cyclic N) is 1. The summed E-state index contributed by atoms with van der Waals surface area (Å²) in [7, 11) is 0. The van der Waals surface area contributed by atoms with Crippen LogP contribution in [0, 0.1) is 17.2 Å². The zero-order chi connectivity index (χ0) is 14.6. The third kappa shape index (κ3) is 4.44. The molecule has 1 N–H and O–H groups in total. The van der Waals surface area contributed by atoms with Crippen LogP contribution in [0.3, 0.4) is 0 Å². The van der Waals surface area contributed by atoms with Gasteiger partial charge in [-0.25, -0.2) is 0 Å². The second kappa shape index (κ2) is 6.89. The Kier molecular flexibility index (Phi) is 5.42. The largest absolute Gasteiger partial charge is 0.389 e. The second-order valence-corrected chi connectivity index (χ2v) is 7.07. The number of aliphatic hydroxyl groups is 1. The monoisotopic (exact) mass is 279 g/mol. The van der Waals surface area contributed by atoms with Gasteiger partial charge in [0.25, 0.3) is 0 Å². The minimum atomic E-state index is -0.611. The standard InChI is InChI=1S/C16H29N3O/c1-16(2,20)13-18-8-10-19(11-9-18)15-7-5-3-4-6-14(15)12-17/h14-15,20H,3-11,13H2,1-2H3. The summed E-state index contributed by atoms with van der Waals surface area (Å²) in [5, 5.41) is 19.3. The molecular weight excluding hydrogens is 250 g/mol. The van der Waals surface area contributed by atoms with Gasteiger partial charge in [-0.3, -0.25) is 9.80 Å². The fourth-order valence-electron chi connectivity index (χ4n) is 3.68. The number of hydrogen-bond acceptors (Lipinski definition) is 4. The Balaban J connectivity index is 1.87. The molecule has 20 heavy (non-hydrogen) atoms. The molecule has 2 atom stereocenters. The van der Waals surface area contributed by atoms with Gasteiger partial charge in [-0.05, 0) is 26.7 Å². The van der Waals surface area contributed by atoms with Crippen LogP contribution in [0.5, 0.6) is 0 Å². The molecule has 114 valence electrons. The van der Waals surface area contributed by atoms with E-state index < -0.39 is 5.60 Å². The molecule has 2 rings (SSSR count). The molecule has 1 saturated heterocycles. The number of piperazine rings is 1. The van der Waals surface area contributed by atoms with Crippen molar-refractivity contribution >= 4 is 0 Å². The van der Waals surface area contributed by atoms with Gasteiger partial charge in [-0.15, -0.1) is 0 Å². The molecule has 4 nitrogen and oxygen atoms in total. The van der Waals surface area contributed by atoms with Crippen LogP contribution in [0.4, 0.5) is 0 Å². The van der Waals surface area contributed by atoms with Gasteiger partial charge in [0, 0.05) is 38.8 Å². The average Bonchev–Trinajstić information content (AvgIpc) is 2.63. The van der Waals surface area contributed by atoms with E-state index in [9.17, 15) is 10.4 Å². The topological polar surface area (TPSA) is 50.5 Å². The highest BCUT2D eigenvalue weighted by Crippen LogP contribution is 2.28. The molecule has 0 radical (unpaired) electrons. The van der Waals surface area contributed by atoms with Gasteiger partial charge in [0.2, 0.25) is 0 Å². The molecule has 0 amide bonds. The van der Waals surface area contributed by atoms with Gasteiger partial charge in [-0.2, -0.15) is 5.26 Å². The smallest absolute Gasteiger partial charge is 0.0718 e. The van der Waals surface area contributed by atoms with E-state index in [0.717, 1.165) is 39.1 Å². The predicted molar refractivity (Wildman–Crippen MR) is 80.3 cm³/mol. The van der Waals surface area contributed by atoms with E-state index in [1.807, 2.05) is 13.8 Å². The fraction of sp³-hybridized carbons (Fsp3) is 0.938. The maximum absolute atomic E-state index is 9.90. The minimum Gasteiger partial charge on any atom is -0.389 e. The first-order chi connectivity index (χ1) is 9.49. The van der Waals surface area contributed by atoms with E-state index in [-0.39, 0.29) is 5.92 Å². The second-order valence-electron chi connectivity index (χ2n) is 7.07. The number of hydrogen-bond donors (Lipinski definition) is 1. The van der Waals surface area contributed by atoms with E-state index in [0.29, 0.717) is 6.04 Å². The zero-order valence-electron chi connectivity index (χ0n) is 13.0. The van der Waals surface area contributed by atoms with Gasteiger partial charge in [0.1, 0.15) is 0 Å². The van der Waals surface area contributed by atoms with E-state index in [2.05, 4.69) is 15.9 Å². The van der Waals surface area contributed by atoms with E-state index in [1.54, 1.807) is 0 Å². The van der Waals surface area contributed by atoms with E-state index >= 15 is 0 Å². The van der Waals surface area contributed by atoms with Crippen LogP contribution >= 0.6 is 0 Å². The van der Waals surface area contributed by atoms with Crippen LogP contribution in [0.25, 0.3) is 0 Å². The fourth-order valence-corrected chi connectivity index (χ4v) is 3.68. The van der Waals surface area contributed by atoms with Crippen molar-refractivity contribution < 1.29 is 5.11 Å². The average molecular weight is 279 g/mol. The van der Waals surface area contributed by atoms with Crippen LogP contribution in [-0.4, -0.2) is 59.3 Å². The summed E-state index contributed by atoms with van der Waals surface area (Å²) in [5.74, 6) is 0.221. The molecule has 2 aliphatic rings. The molecule has 1 saturated carbocycles. The molecule has 4 heteroatoms. The van der Waals surface area contributed by atoms with Crippen LogP contribution < -0.4 is 0 Å². The third-order valence-electron chi connectivity index (χ3n) is 4.63. The molecule has 0 aromatic carbocycles. The summed E-state index contributed by atoms with van der Waals surface area (Å²) in [6.45, 7) is 8.59. The first kappa shape index (κ1) is 15.8. The van der Waals surface area contributed by atoms with Crippen LogP contribution in [0.2, 0.25) is 0 Å². The molecular formula is C16H29N3O. The summed E-state index contributed by atoms with van der Waals surface area (Å²) >= 11 is 0. The summed E-state index contributed by atoms with van der Waals surface area (Å²) in [6, 6.07) is 3.01. The normalized spacial score (nSPS) is 30.7. The Morgan fingerprint density at radius 3 is 2.35 bits per heavy atom. The Morgan fingerprint density at radius 2 is 1.75 bits per heavy atom. The zero-order valence-corrected chi connectivity index (χ0v) is 13.0. The number of nitriles is 1. The lowest BCUT2D eigenvalue weighted by molar-refractivity contribution is 0.00674. The van der Waals surface area contributed by atoms with Crippen molar-refractivity contribution in [1.29, 1.82) is 5.26 Å². The SMILES string of the molecule is CC(C)(O)CN1CCN(C2CCCCCC2C#N)CC1. The predicted octanol–water partition coefficient (Wildman–Crippen LogP) is 1.85. The molecule has 1 heterocycles. The molecule has 0 aromatic rings. The first-order valence-corrected chi connectivity index (χ1v) is 8.08. The van der Waals surface area contributed by atoms with Gasteiger partial charge in [-0.1, -0.05) is 19.3 Å². The van der Waals surface area contributed by atoms with Gasteiger partial charge in [0.15, 0.2) is 0 Å². The Labute approximate surface area is 123 Å². The summed E-state index contributed by atoms with van der Waals surface area (Å²) in [6.07, 6.45) is 6.03. The minimum absolute atomic E-state index is 0.221. The molecule has 0 aromatic heterocycles. The first-order valence-electron chi connectivity index (χ1n) is 8.08. The van der Waals surface area contributed by atoms with Crippen molar-refractivity contribution in [3.63, 3.8) is 0 Å². The summed E-state index contributed by atoms with van der Waals surface area (Å²) < 4.78 is 0. The molecule has 1 aliphatic carbocycles. The van der Waals surface area contributed by atoms with Crippen molar-refractivity contribution in [3.8, 4) is 6.07 Å². The van der Waals surface area contributed by atoms with Crippen LogP contribution in [-0.2, 0) is 0 Å². The lowest BCUT2D eigenvalue weighted by atomic mass is 9.94. The third-order valence-corrected chi connectivity index (χ3v) is 4.63. The Morgan fingerprint density at radius 1 is 1.10 bits per heavy atom. The van der Waals surface area contributed by atoms with Gasteiger partial charge < -0.3 is 5.11 Å². The molecule has 2 fully saturated rings. The number of rotatable bonds is 3. The van der Waals surface area contributed by atoms with E-state index in [4.69, 9.17) is 0 Å². The lowest BCUT2D eigenvalue weighted by Crippen LogP contribution is -2.54. The molecule has 0 spiro atoms. The summed E-state index contributed by atoms with van der Waals surface area (Å²) in [5.41, 5.74) is -0.611. The van der Waals surface area contributed by atoms with Crippen LogP contribution in [0.1, 0.15) is 46.0 Å². The quantitative estimate of drug-likeness (QED) is 0.801. The number of nitrogens with zero attached hydrogens (tertiary/aromatic N) is 3. The highest BCUT2D eigenvalue weighted by atomic mass is 16.3. The Hall–Kier alpha value is -0.630. The maximum Gasteiger partial charge on any atom is 0.0718 e. The van der Waals surface area contributed by atoms with Crippen molar-refractivity contribution in [3.05, 3.63) is 0 Å². The Bertz CT molecular complexity index is 337. The highest BCUT2D eigenvalue weighted by molar-refractivity contribution is 4.96. The van der Waals surface area contributed by atoms with Gasteiger partial charge >= 0.3 is 0 Å². The van der Waals surface area contributed by atoms with Crippen molar-refractivity contribution in [2.75, 3.05) is 32.7 Å². The van der Waals surface area contributed by atoms with Crippen LogP contribution in [0.15, 0.2) is 0 Å². The lowest BCUT2D eigenvalue weighted by Gasteiger charge is -2.41. The van der Waals surface area contributed by atoms with Crippen molar-refractivity contribution in [2.24, 2.45) is 5.92 Å². The molecule has 1 aliphatic heterocycles. The molecule has 2 unspecified atom stereocenters. The molecule has 0 bridgehead atoms.